The Morgan fingerprint density at radius 1 is 1.28 bits per heavy atom. The van der Waals surface area contributed by atoms with Gasteiger partial charge in [-0.25, -0.2) is 4.98 Å². The van der Waals surface area contributed by atoms with E-state index in [9.17, 15) is 0 Å². The first-order valence-electron chi connectivity index (χ1n) is 7.81. The summed E-state index contributed by atoms with van der Waals surface area (Å²) in [5, 5.41) is 11.8. The highest BCUT2D eigenvalue weighted by atomic mass is 32.1. The van der Waals surface area contributed by atoms with Crippen LogP contribution in [0.25, 0.3) is 5.76 Å². The second-order valence-electron chi connectivity index (χ2n) is 5.50. The molecular formula is C17H17N5O2S. The summed E-state index contributed by atoms with van der Waals surface area (Å²) in [6, 6.07) is 10.0. The van der Waals surface area contributed by atoms with Gasteiger partial charge in [0.2, 0.25) is 0 Å². The van der Waals surface area contributed by atoms with E-state index in [0.717, 1.165) is 27.8 Å². The lowest BCUT2D eigenvalue weighted by atomic mass is 10.2. The maximum atomic E-state index is 5.75. The third kappa shape index (κ3) is 3.54. The summed E-state index contributed by atoms with van der Waals surface area (Å²) < 4.78 is 10.8. The normalized spacial score (nSPS) is 13.8. The Morgan fingerprint density at radius 3 is 3.00 bits per heavy atom. The average molecular weight is 355 g/mol. The van der Waals surface area contributed by atoms with Crippen LogP contribution in [0.5, 0.6) is 0 Å². The second-order valence-corrected chi connectivity index (χ2v) is 6.44. The summed E-state index contributed by atoms with van der Waals surface area (Å²) in [4.78, 5) is 8.07. The van der Waals surface area contributed by atoms with Crippen LogP contribution in [0.3, 0.4) is 0 Å². The SMILES string of the molecule is COCc1csc(Cn2ncc(N3C=C(c4ccccc4)OC3)n2)n1. The number of rotatable bonds is 6. The summed E-state index contributed by atoms with van der Waals surface area (Å²) in [6.07, 6.45) is 3.68. The van der Waals surface area contributed by atoms with Gasteiger partial charge in [0.1, 0.15) is 17.3 Å². The highest BCUT2D eigenvalue weighted by molar-refractivity contribution is 7.09. The van der Waals surface area contributed by atoms with Crippen LogP contribution in [-0.2, 0) is 22.6 Å². The first-order valence-corrected chi connectivity index (χ1v) is 8.69. The summed E-state index contributed by atoms with van der Waals surface area (Å²) in [5.41, 5.74) is 1.98. The molecule has 0 amide bonds. The predicted octanol–water partition coefficient (Wildman–Crippen LogP) is 2.72. The van der Waals surface area contributed by atoms with Crippen molar-refractivity contribution < 1.29 is 9.47 Å². The number of thiazole rings is 1. The molecule has 0 N–H and O–H groups in total. The van der Waals surface area contributed by atoms with Gasteiger partial charge in [0, 0.05) is 18.1 Å². The van der Waals surface area contributed by atoms with E-state index in [1.54, 1.807) is 29.4 Å². The molecular weight excluding hydrogens is 338 g/mol. The monoisotopic (exact) mass is 355 g/mol. The van der Waals surface area contributed by atoms with Crippen molar-refractivity contribution in [2.75, 3.05) is 18.7 Å². The Bertz CT molecular complexity index is 874. The molecule has 0 radical (unpaired) electrons. The molecule has 0 bridgehead atoms. The maximum Gasteiger partial charge on any atom is 0.177 e. The first-order chi connectivity index (χ1) is 12.3. The van der Waals surface area contributed by atoms with E-state index in [-0.39, 0.29) is 0 Å². The number of anilines is 1. The fourth-order valence-electron chi connectivity index (χ4n) is 2.50. The molecule has 2 aromatic heterocycles. The quantitative estimate of drug-likeness (QED) is 0.677. The molecule has 3 aromatic rings. The van der Waals surface area contributed by atoms with Crippen molar-refractivity contribution >= 4 is 22.9 Å². The molecule has 0 saturated heterocycles. The lowest BCUT2D eigenvalue weighted by molar-refractivity contribution is 0.182. The van der Waals surface area contributed by atoms with Crippen LogP contribution in [0.2, 0.25) is 0 Å². The molecule has 0 atom stereocenters. The van der Waals surface area contributed by atoms with Crippen LogP contribution in [0.4, 0.5) is 5.82 Å². The molecule has 7 nitrogen and oxygen atoms in total. The van der Waals surface area contributed by atoms with Crippen LogP contribution in [0, 0.1) is 0 Å². The van der Waals surface area contributed by atoms with Crippen molar-refractivity contribution in [1.29, 1.82) is 0 Å². The molecule has 0 fully saturated rings. The molecule has 3 heterocycles. The Labute approximate surface area is 149 Å². The van der Waals surface area contributed by atoms with Crippen molar-refractivity contribution in [2.45, 2.75) is 13.2 Å². The molecule has 1 aliphatic rings. The molecule has 0 aliphatic carbocycles. The summed E-state index contributed by atoms with van der Waals surface area (Å²) in [5.74, 6) is 1.58. The van der Waals surface area contributed by atoms with Crippen molar-refractivity contribution in [3.05, 3.63) is 64.4 Å². The minimum atomic E-state index is 0.429. The maximum absolute atomic E-state index is 5.75. The number of methoxy groups -OCH3 is 1. The lowest BCUT2D eigenvalue weighted by Crippen LogP contribution is -2.14. The number of ether oxygens (including phenoxy) is 2. The zero-order valence-corrected chi connectivity index (χ0v) is 14.5. The third-order valence-electron chi connectivity index (χ3n) is 3.68. The standard InChI is InChI=1S/C17H17N5O2S/c1-23-10-14-11-25-17(19-14)9-22-18-7-16(20-22)21-8-15(24-12-21)13-5-3-2-4-6-13/h2-8,11H,9-10,12H2,1H3. The molecule has 25 heavy (non-hydrogen) atoms. The van der Waals surface area contributed by atoms with Crippen LogP contribution >= 0.6 is 11.3 Å². The van der Waals surface area contributed by atoms with Gasteiger partial charge in [0.25, 0.3) is 0 Å². The molecule has 0 spiro atoms. The van der Waals surface area contributed by atoms with Gasteiger partial charge in [-0.05, 0) is 0 Å². The largest absolute Gasteiger partial charge is 0.471 e. The van der Waals surface area contributed by atoms with E-state index < -0.39 is 0 Å². The van der Waals surface area contributed by atoms with Gasteiger partial charge in [-0.15, -0.1) is 16.4 Å². The van der Waals surface area contributed by atoms with E-state index in [0.29, 0.717) is 19.9 Å². The molecule has 0 saturated carbocycles. The zero-order valence-electron chi connectivity index (χ0n) is 13.7. The molecule has 8 heteroatoms. The highest BCUT2D eigenvalue weighted by Crippen LogP contribution is 2.25. The van der Waals surface area contributed by atoms with Crippen LogP contribution in [-0.4, -0.2) is 33.8 Å². The van der Waals surface area contributed by atoms with Crippen molar-refractivity contribution in [2.24, 2.45) is 0 Å². The molecule has 0 unspecified atom stereocenters. The van der Waals surface area contributed by atoms with Crippen molar-refractivity contribution in [1.82, 2.24) is 20.0 Å². The minimum absolute atomic E-state index is 0.429. The van der Waals surface area contributed by atoms with Crippen LogP contribution in [0.1, 0.15) is 16.3 Å². The van der Waals surface area contributed by atoms with E-state index in [4.69, 9.17) is 9.47 Å². The highest BCUT2D eigenvalue weighted by Gasteiger charge is 2.19. The Kier molecular flexibility index (Phi) is 4.45. The predicted molar refractivity (Wildman–Crippen MR) is 94.8 cm³/mol. The lowest BCUT2D eigenvalue weighted by Gasteiger charge is -2.07. The number of benzene rings is 1. The summed E-state index contributed by atoms with van der Waals surface area (Å²) in [6.45, 7) is 1.49. The number of nitrogens with zero attached hydrogens (tertiary/aromatic N) is 5. The fourth-order valence-corrected chi connectivity index (χ4v) is 3.25. The molecule has 1 aliphatic heterocycles. The van der Waals surface area contributed by atoms with E-state index in [2.05, 4.69) is 15.2 Å². The second kappa shape index (κ2) is 7.04. The van der Waals surface area contributed by atoms with Gasteiger partial charge in [-0.3, -0.25) is 4.90 Å². The summed E-state index contributed by atoms with van der Waals surface area (Å²) >= 11 is 1.58. The minimum Gasteiger partial charge on any atom is -0.471 e. The van der Waals surface area contributed by atoms with Crippen molar-refractivity contribution in [3.8, 4) is 0 Å². The van der Waals surface area contributed by atoms with Gasteiger partial charge in [-0.1, -0.05) is 30.3 Å². The fraction of sp³-hybridized carbons (Fsp3) is 0.235. The van der Waals surface area contributed by atoms with Gasteiger partial charge >= 0.3 is 0 Å². The zero-order chi connectivity index (χ0) is 17.1. The topological polar surface area (TPSA) is 65.3 Å². The smallest absolute Gasteiger partial charge is 0.177 e. The summed E-state index contributed by atoms with van der Waals surface area (Å²) in [7, 11) is 1.66. The average Bonchev–Trinajstić information content (AvgIpc) is 3.37. The molecule has 1 aromatic carbocycles. The molecule has 128 valence electrons. The number of hydrogen-bond donors (Lipinski definition) is 0. The van der Waals surface area contributed by atoms with Crippen LogP contribution < -0.4 is 4.90 Å². The Hall–Kier alpha value is -2.71. The van der Waals surface area contributed by atoms with Crippen LogP contribution in [0.15, 0.2) is 48.1 Å². The Morgan fingerprint density at radius 2 is 2.16 bits per heavy atom. The van der Waals surface area contributed by atoms with Crippen molar-refractivity contribution in [3.63, 3.8) is 0 Å². The number of aromatic nitrogens is 4. The molecule has 4 rings (SSSR count). The third-order valence-corrected chi connectivity index (χ3v) is 4.56. The number of hydrogen-bond acceptors (Lipinski definition) is 7. The van der Waals surface area contributed by atoms with E-state index in [1.807, 2.05) is 46.8 Å². The van der Waals surface area contributed by atoms with Gasteiger partial charge in [0.05, 0.1) is 24.7 Å². The van der Waals surface area contributed by atoms with Gasteiger partial charge in [-0.2, -0.15) is 9.90 Å². The Balaban J connectivity index is 1.45. The van der Waals surface area contributed by atoms with E-state index >= 15 is 0 Å². The first kappa shape index (κ1) is 15.8. The van der Waals surface area contributed by atoms with E-state index in [1.165, 1.54) is 0 Å². The van der Waals surface area contributed by atoms with Gasteiger partial charge < -0.3 is 9.47 Å². The van der Waals surface area contributed by atoms with Gasteiger partial charge in [0.15, 0.2) is 12.5 Å².